The van der Waals surface area contributed by atoms with Crippen molar-refractivity contribution in [2.45, 2.75) is 0 Å². The monoisotopic (exact) mass is 759 g/mol. The number of para-hydroxylation sites is 2. The van der Waals surface area contributed by atoms with Crippen LogP contribution in [-0.2, 0) is 0 Å². The van der Waals surface area contributed by atoms with Crippen LogP contribution in [0.15, 0.2) is 200 Å². The molecule has 0 spiro atoms. The Hall–Kier alpha value is -6.92. The van der Waals surface area contributed by atoms with Crippen molar-refractivity contribution in [2.75, 3.05) is 0 Å². The minimum absolute atomic E-state index is 0.730. The van der Waals surface area contributed by atoms with E-state index in [0.29, 0.717) is 0 Å². The normalized spacial score (nSPS) is 13.1. The molecule has 3 aromatic heterocycles. The van der Waals surface area contributed by atoms with Gasteiger partial charge in [0.25, 0.3) is 0 Å². The van der Waals surface area contributed by atoms with E-state index in [1.165, 1.54) is 63.1 Å². The lowest BCUT2D eigenvalue weighted by Crippen LogP contribution is -2.73. The molecule has 0 saturated carbocycles. The molecule has 3 nitrogen and oxygen atoms in total. The number of benzene rings is 8. The highest BCUT2D eigenvalue weighted by Crippen LogP contribution is 2.44. The third-order valence-corrected chi connectivity index (χ3v) is 17.8. The first-order chi connectivity index (χ1) is 28.3. The van der Waals surface area contributed by atoms with Gasteiger partial charge in [-0.2, -0.15) is 0 Å². The SMILES string of the molecule is c1ccc(-c2nc(-c3ccccc3-n3c4ccccc4c4c5sc6ccccc6c5ccc43)nc3c2-c2ccccc2[Si]3(c2ccccc2)c2ccccc2)cc1. The lowest BCUT2D eigenvalue weighted by molar-refractivity contribution is 1.15. The van der Waals surface area contributed by atoms with Gasteiger partial charge < -0.3 is 4.57 Å². The number of hydrogen-bond acceptors (Lipinski definition) is 3. The molecule has 8 aromatic carbocycles. The van der Waals surface area contributed by atoms with Gasteiger partial charge >= 0.3 is 0 Å². The van der Waals surface area contributed by atoms with Crippen molar-refractivity contribution in [3.05, 3.63) is 200 Å². The van der Waals surface area contributed by atoms with Gasteiger partial charge in [0, 0.05) is 47.6 Å². The van der Waals surface area contributed by atoms with E-state index < -0.39 is 8.07 Å². The lowest BCUT2D eigenvalue weighted by Gasteiger charge is -2.30. The van der Waals surface area contributed by atoms with E-state index in [1.54, 1.807) is 0 Å². The zero-order valence-corrected chi connectivity index (χ0v) is 32.6. The molecule has 0 bridgehead atoms. The molecule has 0 saturated heterocycles. The Kier molecular flexibility index (Phi) is 7.12. The molecular weight excluding hydrogens is 727 g/mol. The first kappa shape index (κ1) is 32.3. The molecule has 11 aromatic rings. The van der Waals surface area contributed by atoms with Crippen LogP contribution in [0.25, 0.3) is 81.4 Å². The molecule has 0 radical (unpaired) electrons. The van der Waals surface area contributed by atoms with Crippen LogP contribution in [0.1, 0.15) is 0 Å². The highest BCUT2D eigenvalue weighted by atomic mass is 32.1. The third kappa shape index (κ3) is 4.58. The van der Waals surface area contributed by atoms with Gasteiger partial charge in [-0.15, -0.1) is 11.3 Å². The summed E-state index contributed by atoms with van der Waals surface area (Å²) in [5, 5.41) is 10.3. The van der Waals surface area contributed by atoms with Gasteiger partial charge in [-0.1, -0.05) is 170 Å². The molecule has 1 aliphatic rings. The second kappa shape index (κ2) is 12.5. The molecule has 0 atom stereocenters. The van der Waals surface area contributed by atoms with Crippen LogP contribution >= 0.6 is 11.3 Å². The number of thiophene rings is 1. The van der Waals surface area contributed by atoms with Crippen molar-refractivity contribution >= 4 is 82.3 Å². The molecule has 4 heterocycles. The Morgan fingerprint density at radius 1 is 0.456 bits per heavy atom. The van der Waals surface area contributed by atoms with Gasteiger partial charge in [0.05, 0.1) is 27.7 Å². The number of rotatable bonds is 5. The number of aromatic nitrogens is 3. The zero-order valence-electron chi connectivity index (χ0n) is 30.8. The Labute approximate surface area is 334 Å². The van der Waals surface area contributed by atoms with E-state index in [1.807, 2.05) is 11.3 Å². The lowest BCUT2D eigenvalue weighted by atomic mass is 10.0. The molecule has 0 N–H and O–H groups in total. The number of nitrogens with zero attached hydrogens (tertiary/aromatic N) is 3. The van der Waals surface area contributed by atoms with Crippen LogP contribution in [0, 0.1) is 0 Å². The number of fused-ring (bicyclic) bond motifs is 10. The smallest absolute Gasteiger partial charge is 0.203 e. The molecular formula is C52H33N3SSi. The predicted octanol–water partition coefficient (Wildman–Crippen LogP) is 10.6. The van der Waals surface area contributed by atoms with Crippen LogP contribution in [-0.4, -0.2) is 22.6 Å². The fourth-order valence-electron chi connectivity index (χ4n) is 9.55. The summed E-state index contributed by atoms with van der Waals surface area (Å²) >= 11 is 1.88. The summed E-state index contributed by atoms with van der Waals surface area (Å²) in [6.45, 7) is 0. The van der Waals surface area contributed by atoms with Crippen LogP contribution in [0.2, 0.25) is 0 Å². The van der Waals surface area contributed by atoms with Crippen molar-refractivity contribution in [1.82, 2.24) is 14.5 Å². The maximum atomic E-state index is 5.88. The van der Waals surface area contributed by atoms with E-state index in [4.69, 9.17) is 9.97 Å². The molecule has 0 amide bonds. The maximum Gasteiger partial charge on any atom is 0.203 e. The van der Waals surface area contributed by atoms with Crippen molar-refractivity contribution in [3.8, 4) is 39.5 Å². The van der Waals surface area contributed by atoms with Crippen LogP contribution in [0.4, 0.5) is 0 Å². The van der Waals surface area contributed by atoms with Gasteiger partial charge in [0.15, 0.2) is 5.82 Å². The standard InChI is InChI=1S/C52H33N3SSi/c1-4-18-34(19-5-1)49-48-41-27-13-17-31-46(41)57(35-20-6-2-7-21-35,36-22-8-3-9-23-36)52(48)54-51(53-49)40-26-11-15-29-43(40)55-42-28-14-10-25-39(42)47-44(55)33-32-38-37-24-12-16-30-45(37)56-50(38)47/h1-33H. The average molecular weight is 760 g/mol. The van der Waals surface area contributed by atoms with E-state index >= 15 is 0 Å². The van der Waals surface area contributed by atoms with Gasteiger partial charge in [-0.3, -0.25) is 0 Å². The van der Waals surface area contributed by atoms with Crippen molar-refractivity contribution < 1.29 is 0 Å². The molecule has 0 fully saturated rings. The molecule has 57 heavy (non-hydrogen) atoms. The first-order valence-electron chi connectivity index (χ1n) is 19.4. The molecule has 1 aliphatic heterocycles. The zero-order chi connectivity index (χ0) is 37.5. The molecule has 12 rings (SSSR count). The third-order valence-electron chi connectivity index (χ3n) is 11.9. The average Bonchev–Trinajstić information content (AvgIpc) is 3.93. The minimum Gasteiger partial charge on any atom is -0.308 e. The van der Waals surface area contributed by atoms with Crippen molar-refractivity contribution in [1.29, 1.82) is 0 Å². The van der Waals surface area contributed by atoms with Gasteiger partial charge in [-0.25, -0.2) is 9.97 Å². The van der Waals surface area contributed by atoms with E-state index in [2.05, 4.69) is 205 Å². The van der Waals surface area contributed by atoms with Gasteiger partial charge in [0.2, 0.25) is 8.07 Å². The van der Waals surface area contributed by atoms with Crippen LogP contribution in [0.5, 0.6) is 0 Å². The van der Waals surface area contributed by atoms with Crippen molar-refractivity contribution in [3.63, 3.8) is 0 Å². The Balaban J connectivity index is 1.20. The topological polar surface area (TPSA) is 30.7 Å². The molecule has 5 heteroatoms. The molecule has 266 valence electrons. The summed E-state index contributed by atoms with van der Waals surface area (Å²) in [6, 6.07) is 72.8. The quantitative estimate of drug-likeness (QED) is 0.164. The summed E-state index contributed by atoms with van der Waals surface area (Å²) in [5.74, 6) is 0.730. The summed E-state index contributed by atoms with van der Waals surface area (Å²) < 4.78 is 5.07. The minimum atomic E-state index is -2.93. The predicted molar refractivity (Wildman–Crippen MR) is 243 cm³/mol. The summed E-state index contributed by atoms with van der Waals surface area (Å²) in [6.07, 6.45) is 0. The van der Waals surface area contributed by atoms with Crippen LogP contribution < -0.4 is 20.9 Å². The second-order valence-electron chi connectivity index (χ2n) is 14.8. The Morgan fingerprint density at radius 3 is 1.84 bits per heavy atom. The number of hydrogen-bond donors (Lipinski definition) is 0. The maximum absolute atomic E-state index is 5.88. The van der Waals surface area contributed by atoms with Gasteiger partial charge in [0.1, 0.15) is 0 Å². The Morgan fingerprint density at radius 2 is 1.07 bits per heavy atom. The van der Waals surface area contributed by atoms with E-state index in [0.717, 1.165) is 39.2 Å². The highest BCUT2D eigenvalue weighted by molar-refractivity contribution is 7.26. The van der Waals surface area contributed by atoms with E-state index in [9.17, 15) is 0 Å². The second-order valence-corrected chi connectivity index (χ2v) is 19.5. The van der Waals surface area contributed by atoms with Crippen LogP contribution in [0.3, 0.4) is 0 Å². The summed E-state index contributed by atoms with van der Waals surface area (Å²) in [5.41, 5.74) is 8.81. The summed E-state index contributed by atoms with van der Waals surface area (Å²) in [4.78, 5) is 11.5. The molecule has 0 aliphatic carbocycles. The highest BCUT2D eigenvalue weighted by Gasteiger charge is 2.51. The van der Waals surface area contributed by atoms with Crippen molar-refractivity contribution in [2.24, 2.45) is 0 Å². The largest absolute Gasteiger partial charge is 0.308 e. The fraction of sp³-hybridized carbons (Fsp3) is 0. The molecule has 0 unspecified atom stereocenters. The van der Waals surface area contributed by atoms with E-state index in [-0.39, 0.29) is 0 Å². The fourth-order valence-corrected chi connectivity index (χ4v) is 15.8. The first-order valence-corrected chi connectivity index (χ1v) is 22.2. The summed E-state index contributed by atoms with van der Waals surface area (Å²) in [7, 11) is -2.93. The Bertz CT molecular complexity index is 3310. The van der Waals surface area contributed by atoms with Gasteiger partial charge in [-0.05, 0) is 51.5 Å².